The molecule has 0 spiro atoms. The van der Waals surface area contributed by atoms with Gasteiger partial charge in [0.25, 0.3) is 5.91 Å². The Hall–Kier alpha value is -4.14. The molecule has 0 aliphatic heterocycles. The fourth-order valence-corrected chi connectivity index (χ4v) is 4.08. The van der Waals surface area contributed by atoms with Crippen LogP contribution in [-0.4, -0.2) is 20.4 Å². The topological polar surface area (TPSA) is 97.9 Å². The highest BCUT2D eigenvalue weighted by atomic mass is 35.5. The summed E-state index contributed by atoms with van der Waals surface area (Å²) >= 11 is 12.1. The highest BCUT2D eigenvalue weighted by Gasteiger charge is 2.13. The normalized spacial score (nSPS) is 11.0. The van der Waals surface area contributed by atoms with Crippen molar-refractivity contribution >= 4 is 63.0 Å². The monoisotopic (exact) mass is 520 g/mol. The number of fused-ring (bicyclic) bond motifs is 1. The van der Waals surface area contributed by atoms with Crippen molar-refractivity contribution in [2.45, 2.75) is 6.54 Å². The van der Waals surface area contributed by atoms with Gasteiger partial charge in [-0.2, -0.15) is 9.97 Å². The van der Waals surface area contributed by atoms with Crippen LogP contribution in [-0.2, 0) is 6.54 Å². The number of amides is 1. The lowest BCUT2D eigenvalue weighted by molar-refractivity contribution is 0.102. The number of hydrogen-bond acceptors (Lipinski definition) is 5. The predicted molar refractivity (Wildman–Crippen MR) is 142 cm³/mol. The van der Waals surface area contributed by atoms with Gasteiger partial charge >= 0.3 is 0 Å². The number of para-hydroxylation sites is 2. The number of nitrogens with two attached hydrogens (primary N) is 1. The van der Waals surface area contributed by atoms with Crippen LogP contribution in [0, 0.1) is 5.82 Å². The molecule has 0 aliphatic rings. The predicted octanol–water partition coefficient (Wildman–Crippen LogP) is 6.50. The Morgan fingerprint density at radius 2 is 1.78 bits per heavy atom. The van der Waals surface area contributed by atoms with Crippen molar-refractivity contribution in [2.75, 3.05) is 16.4 Å². The van der Waals surface area contributed by atoms with E-state index in [-0.39, 0.29) is 16.2 Å². The lowest BCUT2D eigenvalue weighted by Crippen LogP contribution is -2.13. The quantitative estimate of drug-likeness (QED) is 0.175. The summed E-state index contributed by atoms with van der Waals surface area (Å²) in [5, 5.41) is 6.73. The third kappa shape index (κ3) is 4.95. The van der Waals surface area contributed by atoms with Crippen LogP contribution in [0.25, 0.3) is 11.0 Å². The summed E-state index contributed by atoms with van der Waals surface area (Å²) in [7, 11) is 0. The first kappa shape index (κ1) is 23.6. The fourth-order valence-electron chi connectivity index (χ4n) is 3.74. The van der Waals surface area contributed by atoms with Gasteiger partial charge in [-0.1, -0.05) is 35.9 Å². The van der Waals surface area contributed by atoms with Crippen LogP contribution in [0.5, 0.6) is 0 Å². The summed E-state index contributed by atoms with van der Waals surface area (Å²) in [6, 6.07) is 20.5. The number of anilines is 4. The van der Waals surface area contributed by atoms with Gasteiger partial charge < -0.3 is 20.9 Å². The second kappa shape index (κ2) is 9.85. The zero-order chi connectivity index (χ0) is 25.2. The van der Waals surface area contributed by atoms with Crippen molar-refractivity contribution in [1.29, 1.82) is 0 Å². The molecule has 5 rings (SSSR count). The molecule has 2 heterocycles. The standard InChI is InChI=1S/C26H19Cl2FN6O/c27-19-13-17(9-10-20(19)29)31-23-18-11-12-35(24(18)34-26(28)33-23)14-15-5-7-16(8-6-15)25(36)32-22-4-2-1-3-21(22)30/h1-13H,14,30H2,(H,32,36)(H,31,33,34). The third-order valence-electron chi connectivity index (χ3n) is 5.55. The van der Waals surface area contributed by atoms with Crippen molar-refractivity contribution in [1.82, 2.24) is 14.5 Å². The van der Waals surface area contributed by atoms with E-state index in [1.165, 1.54) is 12.1 Å². The maximum Gasteiger partial charge on any atom is 0.255 e. The SMILES string of the molecule is Nc1ccccc1NC(=O)c1ccc(Cn2ccc3c(Nc4ccc(F)c(Cl)c4)nc(Cl)nc32)cc1. The Kier molecular flexibility index (Phi) is 6.45. The number of nitrogens with zero attached hydrogens (tertiary/aromatic N) is 3. The number of hydrogen-bond donors (Lipinski definition) is 3. The molecule has 36 heavy (non-hydrogen) atoms. The van der Waals surface area contributed by atoms with Crippen molar-refractivity contribution in [2.24, 2.45) is 0 Å². The summed E-state index contributed by atoms with van der Waals surface area (Å²) in [6.45, 7) is 0.492. The van der Waals surface area contributed by atoms with Gasteiger partial charge in [0.05, 0.1) is 21.8 Å². The number of halogens is 3. The van der Waals surface area contributed by atoms with E-state index in [1.54, 1.807) is 36.4 Å². The van der Waals surface area contributed by atoms with Crippen molar-refractivity contribution in [3.05, 3.63) is 106 Å². The first-order valence-corrected chi connectivity index (χ1v) is 11.6. The number of benzene rings is 3. The molecular weight excluding hydrogens is 502 g/mol. The Morgan fingerprint density at radius 3 is 2.53 bits per heavy atom. The molecule has 2 aromatic heterocycles. The van der Waals surface area contributed by atoms with Gasteiger partial charge in [-0.3, -0.25) is 4.79 Å². The molecule has 7 nitrogen and oxygen atoms in total. The largest absolute Gasteiger partial charge is 0.397 e. The van der Waals surface area contributed by atoms with E-state index >= 15 is 0 Å². The molecule has 0 atom stereocenters. The molecule has 1 amide bonds. The minimum absolute atomic E-state index is 0.00154. The number of carbonyl (C=O) groups is 1. The van der Waals surface area contributed by atoms with Crippen LogP contribution in [0.15, 0.2) is 79.0 Å². The second-order valence-corrected chi connectivity index (χ2v) is 8.76. The maximum absolute atomic E-state index is 13.5. The summed E-state index contributed by atoms with van der Waals surface area (Å²) in [6.07, 6.45) is 1.87. The van der Waals surface area contributed by atoms with E-state index in [9.17, 15) is 9.18 Å². The molecule has 0 saturated carbocycles. The van der Waals surface area contributed by atoms with Crippen molar-refractivity contribution in [3.63, 3.8) is 0 Å². The van der Waals surface area contributed by atoms with Gasteiger partial charge in [-0.25, -0.2) is 4.39 Å². The average molecular weight is 521 g/mol. The Balaban J connectivity index is 1.35. The van der Waals surface area contributed by atoms with Crippen LogP contribution in [0.2, 0.25) is 10.3 Å². The lowest BCUT2D eigenvalue weighted by atomic mass is 10.1. The van der Waals surface area contributed by atoms with Crippen LogP contribution in [0.3, 0.4) is 0 Å². The van der Waals surface area contributed by atoms with E-state index in [0.717, 1.165) is 10.9 Å². The van der Waals surface area contributed by atoms with Gasteiger partial charge in [-0.05, 0) is 65.7 Å². The van der Waals surface area contributed by atoms with Crippen LogP contribution >= 0.6 is 23.2 Å². The van der Waals surface area contributed by atoms with Gasteiger partial charge in [0.2, 0.25) is 5.28 Å². The second-order valence-electron chi connectivity index (χ2n) is 8.01. The van der Waals surface area contributed by atoms with E-state index in [1.807, 2.05) is 35.0 Å². The molecular formula is C26H19Cl2FN6O. The van der Waals surface area contributed by atoms with Crippen molar-refractivity contribution in [3.8, 4) is 0 Å². The summed E-state index contributed by atoms with van der Waals surface area (Å²) < 4.78 is 15.4. The number of aromatic nitrogens is 3. The molecule has 0 fully saturated rings. The van der Waals surface area contributed by atoms with Crippen LogP contribution in [0.4, 0.5) is 27.3 Å². The fraction of sp³-hybridized carbons (Fsp3) is 0.0385. The number of nitrogens with one attached hydrogen (secondary N) is 2. The minimum atomic E-state index is -0.507. The third-order valence-corrected chi connectivity index (χ3v) is 6.01. The van der Waals surface area contributed by atoms with E-state index < -0.39 is 5.82 Å². The lowest BCUT2D eigenvalue weighted by Gasteiger charge is -2.10. The molecule has 0 saturated heterocycles. The summed E-state index contributed by atoms with van der Waals surface area (Å²) in [5.74, 6) is -0.285. The van der Waals surface area contributed by atoms with Crippen LogP contribution in [0.1, 0.15) is 15.9 Å². The number of nitrogen functional groups attached to an aromatic ring is 1. The molecule has 3 aromatic carbocycles. The molecule has 5 aromatic rings. The van der Waals surface area contributed by atoms with E-state index in [2.05, 4.69) is 20.6 Å². The molecule has 0 bridgehead atoms. The number of rotatable bonds is 6. The van der Waals surface area contributed by atoms with Gasteiger partial charge in [0, 0.05) is 24.0 Å². The molecule has 0 radical (unpaired) electrons. The van der Waals surface area contributed by atoms with Crippen molar-refractivity contribution < 1.29 is 9.18 Å². The van der Waals surface area contributed by atoms with Gasteiger partial charge in [0.15, 0.2) is 0 Å². The number of carbonyl (C=O) groups excluding carboxylic acids is 1. The minimum Gasteiger partial charge on any atom is -0.397 e. The smallest absolute Gasteiger partial charge is 0.255 e. The summed E-state index contributed by atoms with van der Waals surface area (Å²) in [4.78, 5) is 21.3. The first-order chi connectivity index (χ1) is 17.4. The van der Waals surface area contributed by atoms with Crippen LogP contribution < -0.4 is 16.4 Å². The highest BCUT2D eigenvalue weighted by Crippen LogP contribution is 2.28. The zero-order valence-electron chi connectivity index (χ0n) is 18.7. The Labute approximate surface area is 215 Å². The van der Waals surface area contributed by atoms with E-state index in [4.69, 9.17) is 28.9 Å². The zero-order valence-corrected chi connectivity index (χ0v) is 20.2. The maximum atomic E-state index is 13.5. The average Bonchev–Trinajstić information content (AvgIpc) is 3.26. The van der Waals surface area contributed by atoms with Gasteiger partial charge in [-0.15, -0.1) is 0 Å². The Morgan fingerprint density at radius 1 is 1.00 bits per heavy atom. The molecule has 0 aliphatic carbocycles. The Bertz CT molecular complexity index is 1590. The summed E-state index contributed by atoms with van der Waals surface area (Å²) in [5.41, 5.74) is 9.62. The molecule has 0 unspecified atom stereocenters. The molecule has 4 N–H and O–H groups in total. The van der Waals surface area contributed by atoms with Gasteiger partial charge in [0.1, 0.15) is 17.3 Å². The molecule has 180 valence electrons. The first-order valence-electron chi connectivity index (χ1n) is 10.9. The molecule has 10 heteroatoms. The highest BCUT2D eigenvalue weighted by molar-refractivity contribution is 6.31. The van der Waals surface area contributed by atoms with E-state index in [0.29, 0.717) is 40.6 Å².